The Bertz CT molecular complexity index is 915. The number of carbonyl (C=O) groups excluding carboxylic acids is 1. The molecule has 2 aromatic carbocycles. The highest BCUT2D eigenvalue weighted by atomic mass is 16.6. The van der Waals surface area contributed by atoms with E-state index in [9.17, 15) is 15.0 Å². The summed E-state index contributed by atoms with van der Waals surface area (Å²) in [4.78, 5) is 20.4. The van der Waals surface area contributed by atoms with Gasteiger partial charge in [-0.05, 0) is 58.0 Å². The van der Waals surface area contributed by atoms with E-state index in [1.54, 1.807) is 45.2 Å². The Hall–Kier alpha value is -3.35. The van der Waals surface area contributed by atoms with Crippen molar-refractivity contribution in [2.24, 2.45) is 9.98 Å². The molecule has 2 aromatic rings. The third kappa shape index (κ3) is 7.65. The molecule has 0 bridgehead atoms. The predicted molar refractivity (Wildman–Crippen MR) is 116 cm³/mol. The molecule has 1 amide bonds. The Morgan fingerprint density at radius 3 is 2.14 bits per heavy atom. The summed E-state index contributed by atoms with van der Waals surface area (Å²) < 4.78 is 5.21. The molecule has 0 aliphatic carbocycles. The molecule has 29 heavy (non-hydrogen) atoms. The number of benzene rings is 2. The minimum atomic E-state index is -0.596. The molecule has 0 aromatic heterocycles. The van der Waals surface area contributed by atoms with Crippen LogP contribution >= 0.6 is 0 Å². The largest absolute Gasteiger partial charge is 0.507 e. The molecule has 154 valence electrons. The third-order valence-electron chi connectivity index (χ3n) is 3.67. The summed E-state index contributed by atoms with van der Waals surface area (Å²) >= 11 is 0. The second-order valence-corrected chi connectivity index (χ2v) is 7.53. The third-order valence-corrected chi connectivity index (χ3v) is 3.67. The fourth-order valence-corrected chi connectivity index (χ4v) is 2.38. The molecule has 0 saturated carbocycles. The zero-order chi connectivity index (χ0) is 21.4. The molecule has 0 unspecified atom stereocenters. The number of aryl methyl sites for hydroxylation is 1. The first kappa shape index (κ1) is 21.9. The average Bonchev–Trinajstić information content (AvgIpc) is 2.61. The zero-order valence-electron chi connectivity index (χ0n) is 17.1. The molecule has 0 fully saturated rings. The van der Waals surface area contributed by atoms with Crippen LogP contribution in [0.15, 0.2) is 46.4 Å². The smallest absolute Gasteiger partial charge is 0.412 e. The van der Waals surface area contributed by atoms with Crippen molar-refractivity contribution in [2.45, 2.75) is 33.3 Å². The topological polar surface area (TPSA) is 104 Å². The maximum absolute atomic E-state index is 11.9. The number of ether oxygens (including phenoxy) is 1. The van der Waals surface area contributed by atoms with E-state index < -0.39 is 11.7 Å². The fraction of sp³-hybridized carbons (Fsp3) is 0.318. The number of hydrogen-bond acceptors (Lipinski definition) is 6. The van der Waals surface area contributed by atoms with E-state index >= 15 is 0 Å². The van der Waals surface area contributed by atoms with Gasteiger partial charge >= 0.3 is 6.09 Å². The number of aliphatic imine (C=N–C) groups is 2. The Labute approximate surface area is 170 Å². The SMILES string of the molecule is Cc1ccc(O)c(/C=N/CC/N=C/c2cc(NC(=O)OC(C)(C)C)ccc2O)c1. The standard InChI is InChI=1S/C22H27N3O4/c1-15-5-7-19(26)16(11-15)13-23-9-10-24-14-17-12-18(6-8-20(17)27)25-21(28)29-22(2,3)4/h5-8,11-14,26-27H,9-10H2,1-4H3,(H,25,28)/b23-13+,24-14+. The number of phenols is 2. The Morgan fingerprint density at radius 2 is 1.55 bits per heavy atom. The summed E-state index contributed by atoms with van der Waals surface area (Å²) in [5.41, 5.74) is 2.07. The van der Waals surface area contributed by atoms with Gasteiger partial charge in [-0.3, -0.25) is 15.3 Å². The Morgan fingerprint density at radius 1 is 1.00 bits per heavy atom. The number of aromatic hydroxyl groups is 2. The number of carbonyl (C=O) groups is 1. The molecule has 2 rings (SSSR count). The van der Waals surface area contributed by atoms with Crippen LogP contribution in [-0.4, -0.2) is 47.4 Å². The quantitative estimate of drug-likeness (QED) is 0.384. The normalized spacial score (nSPS) is 11.9. The first-order valence-corrected chi connectivity index (χ1v) is 9.26. The molecular weight excluding hydrogens is 370 g/mol. The van der Waals surface area contributed by atoms with Gasteiger partial charge in [-0.15, -0.1) is 0 Å². The van der Waals surface area contributed by atoms with Gasteiger partial charge in [0, 0.05) is 29.2 Å². The van der Waals surface area contributed by atoms with Gasteiger partial charge in [0.25, 0.3) is 0 Å². The molecule has 0 spiro atoms. The number of rotatable bonds is 6. The lowest BCUT2D eigenvalue weighted by Gasteiger charge is -2.19. The van der Waals surface area contributed by atoms with Crippen LogP contribution in [0.25, 0.3) is 0 Å². The number of phenolic OH excluding ortho intramolecular Hbond substituents is 2. The van der Waals surface area contributed by atoms with Gasteiger partial charge in [0.1, 0.15) is 17.1 Å². The van der Waals surface area contributed by atoms with Gasteiger partial charge in [0.05, 0.1) is 13.1 Å². The minimum absolute atomic E-state index is 0.0525. The summed E-state index contributed by atoms with van der Waals surface area (Å²) in [6, 6.07) is 9.98. The van der Waals surface area contributed by atoms with Crippen LogP contribution in [0.3, 0.4) is 0 Å². The number of amides is 1. The van der Waals surface area contributed by atoms with Crippen molar-refractivity contribution in [3.63, 3.8) is 0 Å². The van der Waals surface area contributed by atoms with Gasteiger partial charge in [0.15, 0.2) is 0 Å². The molecule has 0 saturated heterocycles. The lowest BCUT2D eigenvalue weighted by molar-refractivity contribution is 0.0636. The molecule has 7 heteroatoms. The number of nitrogens with one attached hydrogen (secondary N) is 1. The van der Waals surface area contributed by atoms with Gasteiger partial charge < -0.3 is 14.9 Å². The second-order valence-electron chi connectivity index (χ2n) is 7.53. The maximum atomic E-state index is 11.9. The van der Waals surface area contributed by atoms with Crippen molar-refractivity contribution >= 4 is 24.2 Å². The fourth-order valence-electron chi connectivity index (χ4n) is 2.38. The molecular formula is C22H27N3O4. The van der Waals surface area contributed by atoms with E-state index in [4.69, 9.17) is 4.74 Å². The summed E-state index contributed by atoms with van der Waals surface area (Å²) in [5.74, 6) is 0.235. The monoisotopic (exact) mass is 397 g/mol. The summed E-state index contributed by atoms with van der Waals surface area (Å²) in [6.07, 6.45) is 2.57. The first-order valence-electron chi connectivity index (χ1n) is 9.26. The number of anilines is 1. The van der Waals surface area contributed by atoms with Crippen LogP contribution in [0.2, 0.25) is 0 Å². The highest BCUT2D eigenvalue weighted by Gasteiger charge is 2.16. The van der Waals surface area contributed by atoms with Crippen molar-refractivity contribution in [3.8, 4) is 11.5 Å². The van der Waals surface area contributed by atoms with Crippen molar-refractivity contribution in [1.29, 1.82) is 0 Å². The summed E-state index contributed by atoms with van der Waals surface area (Å²) in [7, 11) is 0. The molecule has 7 nitrogen and oxygen atoms in total. The molecule has 3 N–H and O–H groups in total. The highest BCUT2D eigenvalue weighted by Crippen LogP contribution is 2.21. The van der Waals surface area contributed by atoms with E-state index in [-0.39, 0.29) is 11.5 Å². The van der Waals surface area contributed by atoms with Crippen molar-refractivity contribution in [3.05, 3.63) is 53.1 Å². The van der Waals surface area contributed by atoms with Crippen molar-refractivity contribution in [1.82, 2.24) is 0 Å². The predicted octanol–water partition coefficient (Wildman–Crippen LogP) is 4.29. The lowest BCUT2D eigenvalue weighted by atomic mass is 10.1. The van der Waals surface area contributed by atoms with Crippen LogP contribution in [0, 0.1) is 6.92 Å². The van der Waals surface area contributed by atoms with Crippen LogP contribution < -0.4 is 5.32 Å². The second kappa shape index (κ2) is 9.73. The van der Waals surface area contributed by atoms with Gasteiger partial charge in [-0.25, -0.2) is 4.79 Å². The van der Waals surface area contributed by atoms with E-state index in [1.807, 2.05) is 19.1 Å². The molecule has 0 atom stereocenters. The number of nitrogens with zero attached hydrogens (tertiary/aromatic N) is 2. The van der Waals surface area contributed by atoms with Crippen molar-refractivity contribution < 1.29 is 19.7 Å². The first-order chi connectivity index (χ1) is 13.6. The minimum Gasteiger partial charge on any atom is -0.507 e. The zero-order valence-corrected chi connectivity index (χ0v) is 17.1. The number of hydrogen-bond donors (Lipinski definition) is 3. The molecule has 0 aliphatic heterocycles. The molecule has 0 heterocycles. The van der Waals surface area contributed by atoms with Gasteiger partial charge in [-0.1, -0.05) is 11.6 Å². The molecule has 0 aliphatic rings. The van der Waals surface area contributed by atoms with Crippen molar-refractivity contribution in [2.75, 3.05) is 18.4 Å². The lowest BCUT2D eigenvalue weighted by Crippen LogP contribution is -2.27. The van der Waals surface area contributed by atoms with E-state index in [1.165, 1.54) is 12.3 Å². The van der Waals surface area contributed by atoms with E-state index in [0.717, 1.165) is 5.56 Å². The van der Waals surface area contributed by atoms with Crippen LogP contribution in [-0.2, 0) is 4.74 Å². The van der Waals surface area contributed by atoms with Crippen LogP contribution in [0.1, 0.15) is 37.5 Å². The van der Waals surface area contributed by atoms with Crippen LogP contribution in [0.4, 0.5) is 10.5 Å². The van der Waals surface area contributed by atoms with Crippen LogP contribution in [0.5, 0.6) is 11.5 Å². The summed E-state index contributed by atoms with van der Waals surface area (Å²) in [6.45, 7) is 8.13. The highest BCUT2D eigenvalue weighted by molar-refractivity contribution is 5.89. The Kier molecular flexibility index (Phi) is 7.36. The van der Waals surface area contributed by atoms with Gasteiger partial charge in [-0.2, -0.15) is 0 Å². The summed E-state index contributed by atoms with van der Waals surface area (Å²) in [5, 5.41) is 22.4. The average molecular weight is 397 g/mol. The van der Waals surface area contributed by atoms with E-state index in [2.05, 4.69) is 15.3 Å². The Balaban J connectivity index is 1.92. The van der Waals surface area contributed by atoms with Gasteiger partial charge in [0.2, 0.25) is 0 Å². The maximum Gasteiger partial charge on any atom is 0.412 e. The van der Waals surface area contributed by atoms with E-state index in [0.29, 0.717) is 29.9 Å². The molecule has 0 radical (unpaired) electrons.